The van der Waals surface area contributed by atoms with E-state index >= 15 is 0 Å². The number of nitrogens with zero attached hydrogens (tertiary/aromatic N) is 3. The van der Waals surface area contributed by atoms with Gasteiger partial charge in [0.2, 0.25) is 0 Å². The van der Waals surface area contributed by atoms with Crippen LogP contribution in [0.4, 0.5) is 19.0 Å². The number of aromatic nitrogens is 2. The van der Waals surface area contributed by atoms with Gasteiger partial charge in [0.15, 0.2) is 5.41 Å². The second-order valence-corrected chi connectivity index (χ2v) is 4.12. The van der Waals surface area contributed by atoms with Crippen LogP contribution in [0.5, 0.6) is 0 Å². The molecule has 2 heterocycles. The predicted octanol–water partition coefficient (Wildman–Crippen LogP) is 1.32. The fourth-order valence-electron chi connectivity index (χ4n) is 2.00. The Labute approximate surface area is 100 Å². The summed E-state index contributed by atoms with van der Waals surface area (Å²) in [6, 6.07) is 1.45. The standard InChI is InChI=1S/C10H10F3N3O2/c11-10(12,13)9(8(17)18)2-4-16(5-9)7-1-3-14-6-15-7/h1,3,6H,2,4-5H2,(H,17,18). The maximum absolute atomic E-state index is 12.9. The molecule has 1 N–H and O–H groups in total. The molecule has 0 amide bonds. The molecule has 1 unspecified atom stereocenters. The summed E-state index contributed by atoms with van der Waals surface area (Å²) in [5.74, 6) is -1.54. The van der Waals surface area contributed by atoms with E-state index in [1.54, 1.807) is 0 Å². The van der Waals surface area contributed by atoms with Crippen LogP contribution in [-0.4, -0.2) is 40.3 Å². The highest BCUT2D eigenvalue weighted by Gasteiger charge is 2.63. The van der Waals surface area contributed by atoms with Crippen LogP contribution >= 0.6 is 0 Å². The normalized spacial score (nSPS) is 24.3. The van der Waals surface area contributed by atoms with Crippen LogP contribution in [0.1, 0.15) is 6.42 Å². The summed E-state index contributed by atoms with van der Waals surface area (Å²) >= 11 is 0. The van der Waals surface area contributed by atoms with E-state index in [2.05, 4.69) is 9.97 Å². The van der Waals surface area contributed by atoms with E-state index in [0.717, 1.165) is 0 Å². The third-order valence-corrected chi connectivity index (χ3v) is 3.11. The molecule has 98 valence electrons. The molecule has 1 saturated heterocycles. The van der Waals surface area contributed by atoms with E-state index < -0.39 is 30.5 Å². The molecular formula is C10H10F3N3O2. The summed E-state index contributed by atoms with van der Waals surface area (Å²) in [6.07, 6.45) is -2.64. The lowest BCUT2D eigenvalue weighted by molar-refractivity contribution is -0.225. The number of hydrogen-bond acceptors (Lipinski definition) is 4. The number of carbonyl (C=O) groups is 1. The molecule has 0 radical (unpaired) electrons. The third kappa shape index (κ3) is 1.87. The first-order chi connectivity index (χ1) is 8.37. The van der Waals surface area contributed by atoms with Gasteiger partial charge >= 0.3 is 12.1 Å². The number of rotatable bonds is 2. The Bertz CT molecular complexity index is 451. The van der Waals surface area contributed by atoms with Gasteiger partial charge in [-0.2, -0.15) is 13.2 Å². The lowest BCUT2D eigenvalue weighted by Gasteiger charge is -2.27. The van der Waals surface area contributed by atoms with Crippen molar-refractivity contribution in [3.8, 4) is 0 Å². The highest BCUT2D eigenvalue weighted by atomic mass is 19.4. The maximum atomic E-state index is 12.9. The van der Waals surface area contributed by atoms with Crippen LogP contribution in [0.2, 0.25) is 0 Å². The second kappa shape index (κ2) is 4.11. The topological polar surface area (TPSA) is 66.3 Å². The lowest BCUT2D eigenvalue weighted by atomic mass is 9.86. The number of carboxylic acid groups (broad SMARTS) is 1. The van der Waals surface area contributed by atoms with Gasteiger partial charge in [-0.05, 0) is 12.5 Å². The van der Waals surface area contributed by atoms with E-state index in [-0.39, 0.29) is 6.54 Å². The maximum Gasteiger partial charge on any atom is 0.406 e. The summed E-state index contributed by atoms with van der Waals surface area (Å²) in [7, 11) is 0. The quantitative estimate of drug-likeness (QED) is 0.869. The summed E-state index contributed by atoms with van der Waals surface area (Å²) in [5.41, 5.74) is -2.71. The molecule has 0 spiro atoms. The fraction of sp³-hybridized carbons (Fsp3) is 0.500. The van der Waals surface area contributed by atoms with Crippen molar-refractivity contribution >= 4 is 11.8 Å². The highest BCUT2D eigenvalue weighted by molar-refractivity contribution is 5.77. The Morgan fingerprint density at radius 3 is 2.67 bits per heavy atom. The van der Waals surface area contributed by atoms with E-state index in [9.17, 15) is 18.0 Å². The van der Waals surface area contributed by atoms with Gasteiger partial charge in [-0.1, -0.05) is 0 Å². The first-order valence-electron chi connectivity index (χ1n) is 5.18. The van der Waals surface area contributed by atoms with Crippen LogP contribution in [0, 0.1) is 5.41 Å². The van der Waals surface area contributed by atoms with Crippen molar-refractivity contribution in [1.29, 1.82) is 0 Å². The highest BCUT2D eigenvalue weighted by Crippen LogP contribution is 2.46. The van der Waals surface area contributed by atoms with Gasteiger partial charge in [-0.15, -0.1) is 0 Å². The Hall–Kier alpha value is -1.86. The molecule has 0 bridgehead atoms. The average Bonchev–Trinajstić information content (AvgIpc) is 2.75. The Balaban J connectivity index is 2.28. The molecule has 1 atom stereocenters. The molecule has 1 aromatic rings. The SMILES string of the molecule is O=C(O)C1(C(F)(F)F)CCN(c2ccncn2)C1. The summed E-state index contributed by atoms with van der Waals surface area (Å²) in [4.78, 5) is 19.8. The van der Waals surface area contributed by atoms with E-state index in [4.69, 9.17) is 5.11 Å². The zero-order valence-corrected chi connectivity index (χ0v) is 9.18. The number of halogens is 3. The monoisotopic (exact) mass is 261 g/mol. The van der Waals surface area contributed by atoms with Gasteiger partial charge in [0.05, 0.1) is 0 Å². The number of hydrogen-bond donors (Lipinski definition) is 1. The van der Waals surface area contributed by atoms with Crippen LogP contribution in [-0.2, 0) is 4.79 Å². The van der Waals surface area contributed by atoms with Crippen molar-refractivity contribution in [3.05, 3.63) is 18.6 Å². The zero-order valence-electron chi connectivity index (χ0n) is 9.18. The Morgan fingerprint density at radius 1 is 1.50 bits per heavy atom. The molecule has 1 aliphatic rings. The third-order valence-electron chi connectivity index (χ3n) is 3.11. The van der Waals surface area contributed by atoms with Gasteiger partial charge in [0.1, 0.15) is 12.1 Å². The zero-order chi connectivity index (χ0) is 13.4. The Kier molecular flexibility index (Phi) is 2.88. The molecule has 1 fully saturated rings. The van der Waals surface area contributed by atoms with Crippen LogP contribution < -0.4 is 4.90 Å². The van der Waals surface area contributed by atoms with Gasteiger partial charge in [-0.25, -0.2) is 9.97 Å². The minimum absolute atomic E-state index is 0.00280. The molecule has 1 aliphatic heterocycles. The van der Waals surface area contributed by atoms with Crippen LogP contribution in [0.3, 0.4) is 0 Å². The van der Waals surface area contributed by atoms with Gasteiger partial charge in [0, 0.05) is 19.3 Å². The number of aliphatic carboxylic acids is 1. The van der Waals surface area contributed by atoms with Crippen LogP contribution in [0.15, 0.2) is 18.6 Å². The van der Waals surface area contributed by atoms with E-state index in [1.165, 1.54) is 23.5 Å². The molecule has 18 heavy (non-hydrogen) atoms. The van der Waals surface area contributed by atoms with E-state index in [0.29, 0.717) is 5.82 Å². The molecule has 2 rings (SSSR count). The molecule has 5 nitrogen and oxygen atoms in total. The summed E-state index contributed by atoms with van der Waals surface area (Å²) in [5, 5.41) is 8.88. The largest absolute Gasteiger partial charge is 0.481 e. The van der Waals surface area contributed by atoms with Crippen molar-refractivity contribution in [2.45, 2.75) is 12.6 Å². The number of carboxylic acids is 1. The van der Waals surface area contributed by atoms with E-state index in [1.807, 2.05) is 0 Å². The lowest BCUT2D eigenvalue weighted by Crippen LogP contribution is -2.47. The first kappa shape index (κ1) is 12.6. The van der Waals surface area contributed by atoms with Crippen molar-refractivity contribution in [1.82, 2.24) is 9.97 Å². The van der Waals surface area contributed by atoms with Crippen molar-refractivity contribution < 1.29 is 23.1 Å². The van der Waals surface area contributed by atoms with Crippen molar-refractivity contribution in [2.75, 3.05) is 18.0 Å². The molecule has 8 heteroatoms. The van der Waals surface area contributed by atoms with Gasteiger partial charge in [0.25, 0.3) is 0 Å². The number of alkyl halides is 3. The minimum Gasteiger partial charge on any atom is -0.481 e. The second-order valence-electron chi connectivity index (χ2n) is 4.12. The Morgan fingerprint density at radius 2 is 2.22 bits per heavy atom. The van der Waals surface area contributed by atoms with Crippen molar-refractivity contribution in [3.63, 3.8) is 0 Å². The summed E-state index contributed by atoms with van der Waals surface area (Å²) < 4.78 is 38.7. The minimum atomic E-state index is -4.78. The smallest absolute Gasteiger partial charge is 0.406 e. The average molecular weight is 261 g/mol. The van der Waals surface area contributed by atoms with Crippen molar-refractivity contribution in [2.24, 2.45) is 5.41 Å². The molecule has 0 aliphatic carbocycles. The number of anilines is 1. The first-order valence-corrected chi connectivity index (χ1v) is 5.18. The molecule has 1 aromatic heterocycles. The van der Waals surface area contributed by atoms with Crippen LogP contribution in [0.25, 0.3) is 0 Å². The fourth-order valence-corrected chi connectivity index (χ4v) is 2.00. The van der Waals surface area contributed by atoms with Gasteiger partial charge < -0.3 is 10.0 Å². The summed E-state index contributed by atoms with van der Waals surface area (Å²) in [6.45, 7) is -0.619. The predicted molar refractivity (Wildman–Crippen MR) is 55.0 cm³/mol. The molecular weight excluding hydrogens is 251 g/mol. The molecule has 0 saturated carbocycles. The van der Waals surface area contributed by atoms with Gasteiger partial charge in [-0.3, -0.25) is 4.79 Å². The molecule has 0 aromatic carbocycles.